The first-order chi connectivity index (χ1) is 10.3. The lowest BCUT2D eigenvalue weighted by Gasteiger charge is -2.09. The summed E-state index contributed by atoms with van der Waals surface area (Å²) in [6, 6.07) is 9.98. The summed E-state index contributed by atoms with van der Waals surface area (Å²) < 4.78 is 0.873. The highest BCUT2D eigenvalue weighted by Gasteiger charge is 2.10. The molecule has 0 fully saturated rings. The average molecular weight is 343 g/mol. The quantitative estimate of drug-likeness (QED) is 0.768. The van der Waals surface area contributed by atoms with Crippen molar-refractivity contribution >= 4 is 32.7 Å². The predicted octanol–water partition coefficient (Wildman–Crippen LogP) is 4.28. The van der Waals surface area contributed by atoms with Crippen LogP contribution >= 0.6 is 15.9 Å². The van der Waals surface area contributed by atoms with Crippen LogP contribution in [-0.2, 0) is 0 Å². The Bertz CT molecular complexity index is 768. The highest BCUT2D eigenvalue weighted by atomic mass is 79.9. The zero-order chi connectivity index (χ0) is 14.7. The molecule has 0 radical (unpaired) electrons. The van der Waals surface area contributed by atoms with E-state index < -0.39 is 0 Å². The molecule has 3 rings (SSSR count). The van der Waals surface area contributed by atoms with Gasteiger partial charge in [0.2, 0.25) is 0 Å². The van der Waals surface area contributed by atoms with Gasteiger partial charge in [-0.3, -0.25) is 4.98 Å². The smallest absolute Gasteiger partial charge is 0.162 e. The number of nitrogens with zero attached hydrogens (tertiary/aromatic N) is 3. The molecule has 2 aromatic heterocycles. The van der Waals surface area contributed by atoms with Crippen LogP contribution in [0.15, 0.2) is 47.2 Å². The molecule has 21 heavy (non-hydrogen) atoms. The molecule has 0 spiro atoms. The van der Waals surface area contributed by atoms with Gasteiger partial charge in [0.15, 0.2) is 5.82 Å². The molecule has 0 aliphatic rings. The van der Waals surface area contributed by atoms with Crippen molar-refractivity contribution in [1.82, 2.24) is 15.0 Å². The number of nitrogens with one attached hydrogen (secondary N) is 1. The van der Waals surface area contributed by atoms with E-state index in [2.05, 4.69) is 43.1 Å². The van der Waals surface area contributed by atoms with E-state index in [4.69, 9.17) is 0 Å². The van der Waals surface area contributed by atoms with Crippen LogP contribution < -0.4 is 5.32 Å². The van der Waals surface area contributed by atoms with Crippen molar-refractivity contribution in [2.45, 2.75) is 13.3 Å². The number of hydrogen-bond acceptors (Lipinski definition) is 4. The van der Waals surface area contributed by atoms with Crippen LogP contribution in [0.25, 0.3) is 22.3 Å². The summed E-state index contributed by atoms with van der Waals surface area (Å²) in [7, 11) is 0. The molecule has 0 bridgehead atoms. The van der Waals surface area contributed by atoms with Crippen molar-refractivity contribution in [2.24, 2.45) is 0 Å². The Balaban J connectivity index is 2.10. The maximum Gasteiger partial charge on any atom is 0.162 e. The van der Waals surface area contributed by atoms with Gasteiger partial charge in [-0.15, -0.1) is 0 Å². The predicted molar refractivity (Wildman–Crippen MR) is 89.2 cm³/mol. The minimum atomic E-state index is 0.704. The molecule has 0 aliphatic carbocycles. The van der Waals surface area contributed by atoms with Gasteiger partial charge in [0.1, 0.15) is 5.82 Å². The topological polar surface area (TPSA) is 50.7 Å². The van der Waals surface area contributed by atoms with E-state index in [9.17, 15) is 0 Å². The molecule has 1 N–H and O–H groups in total. The van der Waals surface area contributed by atoms with Crippen LogP contribution in [0.4, 0.5) is 5.82 Å². The monoisotopic (exact) mass is 342 g/mol. The molecule has 3 aromatic rings. The van der Waals surface area contributed by atoms with Gasteiger partial charge < -0.3 is 5.32 Å². The number of benzene rings is 1. The van der Waals surface area contributed by atoms with Crippen molar-refractivity contribution in [3.05, 3.63) is 47.2 Å². The largest absolute Gasteiger partial charge is 0.369 e. The van der Waals surface area contributed by atoms with E-state index >= 15 is 0 Å². The summed E-state index contributed by atoms with van der Waals surface area (Å²) >= 11 is 3.48. The number of halogens is 1. The van der Waals surface area contributed by atoms with Crippen LogP contribution in [0.5, 0.6) is 0 Å². The van der Waals surface area contributed by atoms with Crippen LogP contribution in [0.2, 0.25) is 0 Å². The summed E-state index contributed by atoms with van der Waals surface area (Å²) in [5.41, 5.74) is 1.94. The molecule has 0 atom stereocenters. The first-order valence-electron chi connectivity index (χ1n) is 6.90. The van der Waals surface area contributed by atoms with Gasteiger partial charge in [0.05, 0.1) is 9.99 Å². The van der Waals surface area contributed by atoms with Crippen molar-refractivity contribution in [3.8, 4) is 11.4 Å². The summed E-state index contributed by atoms with van der Waals surface area (Å²) in [4.78, 5) is 13.5. The average Bonchev–Trinajstić information content (AvgIpc) is 2.54. The highest BCUT2D eigenvalue weighted by molar-refractivity contribution is 9.10. The van der Waals surface area contributed by atoms with E-state index in [1.54, 1.807) is 12.4 Å². The normalized spacial score (nSPS) is 10.8. The summed E-state index contributed by atoms with van der Waals surface area (Å²) in [5, 5.41) is 4.37. The minimum Gasteiger partial charge on any atom is -0.369 e. The van der Waals surface area contributed by atoms with Crippen LogP contribution in [0.1, 0.15) is 13.3 Å². The fourth-order valence-electron chi connectivity index (χ4n) is 2.16. The van der Waals surface area contributed by atoms with Gasteiger partial charge in [0, 0.05) is 29.9 Å². The van der Waals surface area contributed by atoms with E-state index in [1.165, 1.54) is 0 Å². The third-order valence-electron chi connectivity index (χ3n) is 3.18. The van der Waals surface area contributed by atoms with Gasteiger partial charge in [-0.2, -0.15) is 0 Å². The highest BCUT2D eigenvalue weighted by Crippen LogP contribution is 2.27. The molecule has 0 saturated carbocycles. The molecule has 4 nitrogen and oxygen atoms in total. The lowest BCUT2D eigenvalue weighted by Crippen LogP contribution is -2.04. The van der Waals surface area contributed by atoms with Gasteiger partial charge in [-0.05, 0) is 34.5 Å². The van der Waals surface area contributed by atoms with Crippen molar-refractivity contribution in [2.75, 3.05) is 11.9 Å². The lowest BCUT2D eigenvalue weighted by atomic mass is 10.1. The van der Waals surface area contributed by atoms with Crippen LogP contribution in [0, 0.1) is 0 Å². The summed E-state index contributed by atoms with van der Waals surface area (Å²) in [6.45, 7) is 3.01. The van der Waals surface area contributed by atoms with Gasteiger partial charge >= 0.3 is 0 Å². The number of anilines is 1. The van der Waals surface area contributed by atoms with E-state index in [-0.39, 0.29) is 0 Å². The Hall–Kier alpha value is -2.01. The number of rotatable bonds is 4. The SMILES string of the molecule is CCCNc1nc(-c2ccnc3ccccc23)ncc1Br. The third kappa shape index (κ3) is 2.88. The van der Waals surface area contributed by atoms with Crippen LogP contribution in [0.3, 0.4) is 0 Å². The third-order valence-corrected chi connectivity index (χ3v) is 3.76. The maximum atomic E-state index is 4.63. The molecule has 0 saturated heterocycles. The summed E-state index contributed by atoms with van der Waals surface area (Å²) in [5.74, 6) is 1.53. The number of aromatic nitrogens is 3. The molecule has 5 heteroatoms. The molecule has 0 aliphatic heterocycles. The Morgan fingerprint density at radius 3 is 2.86 bits per heavy atom. The van der Waals surface area contributed by atoms with Gasteiger partial charge in [-0.1, -0.05) is 25.1 Å². The number of fused-ring (bicyclic) bond motifs is 1. The number of hydrogen-bond donors (Lipinski definition) is 1. The molecular formula is C16H15BrN4. The lowest BCUT2D eigenvalue weighted by molar-refractivity contribution is 0.963. The Morgan fingerprint density at radius 2 is 2.00 bits per heavy atom. The second-order valence-corrected chi connectivity index (χ2v) is 5.55. The Labute approximate surface area is 131 Å². The molecule has 0 amide bonds. The van der Waals surface area contributed by atoms with E-state index in [0.717, 1.165) is 39.7 Å². The first-order valence-corrected chi connectivity index (χ1v) is 7.69. The van der Waals surface area contributed by atoms with Crippen molar-refractivity contribution in [3.63, 3.8) is 0 Å². The van der Waals surface area contributed by atoms with Gasteiger partial charge in [-0.25, -0.2) is 9.97 Å². The molecule has 0 unspecified atom stereocenters. The van der Waals surface area contributed by atoms with Crippen molar-refractivity contribution < 1.29 is 0 Å². The van der Waals surface area contributed by atoms with E-state index in [1.807, 2.05) is 30.3 Å². The fourth-order valence-corrected chi connectivity index (χ4v) is 2.49. The standard InChI is InChI=1S/C16H15BrN4/c1-2-8-19-16-13(17)10-20-15(21-16)12-7-9-18-14-6-4-3-5-11(12)14/h3-7,9-10H,2,8H2,1H3,(H,19,20,21). The minimum absolute atomic E-state index is 0.704. The first kappa shape index (κ1) is 13.9. The number of para-hydroxylation sites is 1. The molecular weight excluding hydrogens is 328 g/mol. The zero-order valence-corrected chi connectivity index (χ0v) is 13.3. The van der Waals surface area contributed by atoms with Crippen LogP contribution in [-0.4, -0.2) is 21.5 Å². The Kier molecular flexibility index (Phi) is 4.10. The second-order valence-electron chi connectivity index (χ2n) is 4.69. The zero-order valence-electron chi connectivity index (χ0n) is 11.7. The fraction of sp³-hybridized carbons (Fsp3) is 0.188. The maximum absolute atomic E-state index is 4.63. The van der Waals surface area contributed by atoms with Crippen molar-refractivity contribution in [1.29, 1.82) is 0 Å². The molecule has 106 valence electrons. The molecule has 1 aromatic carbocycles. The number of pyridine rings is 1. The second kappa shape index (κ2) is 6.18. The Morgan fingerprint density at radius 1 is 1.14 bits per heavy atom. The van der Waals surface area contributed by atoms with Gasteiger partial charge in [0.25, 0.3) is 0 Å². The molecule has 2 heterocycles. The van der Waals surface area contributed by atoms with E-state index in [0.29, 0.717) is 5.82 Å². The summed E-state index contributed by atoms with van der Waals surface area (Å²) in [6.07, 6.45) is 4.63.